The largest absolute Gasteiger partial charge is 0.454 e. The maximum atomic E-state index is 12.4. The summed E-state index contributed by atoms with van der Waals surface area (Å²) < 4.78 is 10.6. The van der Waals surface area contributed by atoms with Gasteiger partial charge in [-0.2, -0.15) is 0 Å². The SMILES string of the molecule is O=C(C=Cc1ccc2c(c1)OCO2)N1CCC(N2CCCC2=O)CC1. The second-order valence-electron chi connectivity index (χ2n) is 6.69. The van der Waals surface area contributed by atoms with Crippen LogP contribution >= 0.6 is 0 Å². The lowest BCUT2D eigenvalue weighted by atomic mass is 10.0. The van der Waals surface area contributed by atoms with Crippen LogP contribution in [0.1, 0.15) is 31.2 Å². The first-order valence-corrected chi connectivity index (χ1v) is 8.87. The van der Waals surface area contributed by atoms with Gasteiger partial charge in [0.1, 0.15) is 0 Å². The third kappa shape index (κ3) is 3.34. The standard InChI is InChI=1S/C19H22N2O4/c22-18(6-4-14-3-5-16-17(12-14)25-13-24-16)20-10-7-15(8-11-20)21-9-1-2-19(21)23/h3-6,12,15H,1-2,7-11,13H2. The number of hydrogen-bond donors (Lipinski definition) is 0. The Balaban J connectivity index is 1.32. The fraction of sp³-hybridized carbons (Fsp3) is 0.474. The summed E-state index contributed by atoms with van der Waals surface area (Å²) in [6.45, 7) is 2.54. The number of hydrogen-bond acceptors (Lipinski definition) is 4. The van der Waals surface area contributed by atoms with Gasteiger partial charge in [-0.05, 0) is 43.0 Å². The Morgan fingerprint density at radius 3 is 2.68 bits per heavy atom. The van der Waals surface area contributed by atoms with Crippen molar-refractivity contribution in [1.29, 1.82) is 0 Å². The van der Waals surface area contributed by atoms with E-state index in [1.165, 1.54) is 0 Å². The van der Waals surface area contributed by atoms with E-state index in [4.69, 9.17) is 9.47 Å². The van der Waals surface area contributed by atoms with Gasteiger partial charge in [0.2, 0.25) is 18.6 Å². The molecule has 3 aliphatic rings. The van der Waals surface area contributed by atoms with E-state index in [0.717, 1.165) is 37.1 Å². The number of carbonyl (C=O) groups is 2. The lowest BCUT2D eigenvalue weighted by Gasteiger charge is -2.36. The number of rotatable bonds is 3. The highest BCUT2D eigenvalue weighted by molar-refractivity contribution is 5.92. The first-order chi connectivity index (χ1) is 12.2. The maximum absolute atomic E-state index is 12.4. The molecule has 132 valence electrons. The zero-order valence-corrected chi connectivity index (χ0v) is 14.1. The molecule has 1 aromatic rings. The molecule has 0 aromatic heterocycles. The zero-order valence-electron chi connectivity index (χ0n) is 14.1. The van der Waals surface area contributed by atoms with Crippen molar-refractivity contribution >= 4 is 17.9 Å². The molecule has 0 spiro atoms. The molecule has 6 nitrogen and oxygen atoms in total. The van der Waals surface area contributed by atoms with Crippen LogP contribution in [0, 0.1) is 0 Å². The second kappa shape index (κ2) is 6.78. The number of amides is 2. The van der Waals surface area contributed by atoms with Crippen molar-refractivity contribution in [3.8, 4) is 11.5 Å². The van der Waals surface area contributed by atoms with Gasteiger partial charge in [0, 0.05) is 38.2 Å². The summed E-state index contributed by atoms with van der Waals surface area (Å²) in [5.74, 6) is 1.74. The Morgan fingerprint density at radius 2 is 1.92 bits per heavy atom. The summed E-state index contributed by atoms with van der Waals surface area (Å²) in [5, 5.41) is 0. The lowest BCUT2D eigenvalue weighted by molar-refractivity contribution is -0.132. The highest BCUT2D eigenvalue weighted by Gasteiger charge is 2.31. The molecule has 25 heavy (non-hydrogen) atoms. The van der Waals surface area contributed by atoms with Gasteiger partial charge in [0.25, 0.3) is 0 Å². The van der Waals surface area contributed by atoms with E-state index in [-0.39, 0.29) is 18.6 Å². The highest BCUT2D eigenvalue weighted by atomic mass is 16.7. The Kier molecular flexibility index (Phi) is 4.34. The lowest BCUT2D eigenvalue weighted by Crippen LogP contribution is -2.46. The fourth-order valence-corrected chi connectivity index (χ4v) is 3.74. The predicted octanol–water partition coefficient (Wildman–Crippen LogP) is 2.04. The highest BCUT2D eigenvalue weighted by Crippen LogP contribution is 2.32. The minimum atomic E-state index is 0.0175. The molecular formula is C19H22N2O4. The van der Waals surface area contributed by atoms with E-state index in [9.17, 15) is 9.59 Å². The van der Waals surface area contributed by atoms with E-state index < -0.39 is 0 Å². The van der Waals surface area contributed by atoms with Gasteiger partial charge in [-0.3, -0.25) is 9.59 Å². The zero-order chi connectivity index (χ0) is 17.2. The topological polar surface area (TPSA) is 59.1 Å². The first kappa shape index (κ1) is 16.0. The Labute approximate surface area is 147 Å². The number of fused-ring (bicyclic) bond motifs is 1. The molecule has 3 heterocycles. The molecule has 2 saturated heterocycles. The van der Waals surface area contributed by atoms with E-state index in [2.05, 4.69) is 0 Å². The van der Waals surface area contributed by atoms with E-state index >= 15 is 0 Å². The third-order valence-electron chi connectivity index (χ3n) is 5.14. The number of ether oxygens (including phenoxy) is 2. The number of carbonyl (C=O) groups excluding carboxylic acids is 2. The van der Waals surface area contributed by atoms with Crippen LogP contribution in [-0.2, 0) is 9.59 Å². The Hall–Kier alpha value is -2.50. The molecule has 0 radical (unpaired) electrons. The molecule has 0 aliphatic carbocycles. The van der Waals surface area contributed by atoms with Gasteiger partial charge in [-0.25, -0.2) is 0 Å². The molecule has 1 aromatic carbocycles. The Morgan fingerprint density at radius 1 is 1.12 bits per heavy atom. The number of likely N-dealkylation sites (tertiary alicyclic amines) is 2. The average molecular weight is 342 g/mol. The van der Waals surface area contributed by atoms with Gasteiger partial charge in [0.15, 0.2) is 11.5 Å². The summed E-state index contributed by atoms with van der Waals surface area (Å²) in [6.07, 6.45) is 6.80. The van der Waals surface area contributed by atoms with Crippen molar-refractivity contribution in [3.05, 3.63) is 29.8 Å². The molecule has 0 atom stereocenters. The molecule has 3 aliphatic heterocycles. The van der Waals surface area contributed by atoms with Crippen molar-refractivity contribution in [1.82, 2.24) is 9.80 Å². The molecule has 6 heteroatoms. The van der Waals surface area contributed by atoms with Gasteiger partial charge < -0.3 is 19.3 Å². The molecule has 4 rings (SSSR count). The minimum Gasteiger partial charge on any atom is -0.454 e. The normalized spacial score (nSPS) is 20.7. The van der Waals surface area contributed by atoms with Crippen LogP contribution in [0.25, 0.3) is 6.08 Å². The molecular weight excluding hydrogens is 320 g/mol. The van der Waals surface area contributed by atoms with E-state index in [1.807, 2.05) is 28.0 Å². The molecule has 0 saturated carbocycles. The molecule has 2 amide bonds. The maximum Gasteiger partial charge on any atom is 0.246 e. The number of piperidine rings is 1. The smallest absolute Gasteiger partial charge is 0.246 e. The van der Waals surface area contributed by atoms with Crippen molar-refractivity contribution in [3.63, 3.8) is 0 Å². The number of nitrogens with zero attached hydrogens (tertiary/aromatic N) is 2. The Bertz CT molecular complexity index is 707. The third-order valence-corrected chi connectivity index (χ3v) is 5.14. The summed E-state index contributed by atoms with van der Waals surface area (Å²) in [7, 11) is 0. The molecule has 0 bridgehead atoms. The van der Waals surface area contributed by atoms with Gasteiger partial charge in [-0.15, -0.1) is 0 Å². The van der Waals surface area contributed by atoms with Crippen LogP contribution in [0.5, 0.6) is 11.5 Å². The summed E-state index contributed by atoms with van der Waals surface area (Å²) in [6, 6.07) is 5.93. The van der Waals surface area contributed by atoms with Crippen LogP contribution < -0.4 is 9.47 Å². The van der Waals surface area contributed by atoms with Gasteiger partial charge in [-0.1, -0.05) is 6.07 Å². The fourth-order valence-electron chi connectivity index (χ4n) is 3.74. The van der Waals surface area contributed by atoms with Crippen molar-refractivity contribution < 1.29 is 19.1 Å². The van der Waals surface area contributed by atoms with E-state index in [1.54, 1.807) is 12.2 Å². The van der Waals surface area contributed by atoms with Crippen LogP contribution in [-0.4, -0.2) is 54.1 Å². The molecule has 2 fully saturated rings. The van der Waals surface area contributed by atoms with E-state index in [0.29, 0.717) is 31.3 Å². The van der Waals surface area contributed by atoms with Crippen LogP contribution in [0.3, 0.4) is 0 Å². The van der Waals surface area contributed by atoms with Gasteiger partial charge in [0.05, 0.1) is 0 Å². The van der Waals surface area contributed by atoms with Gasteiger partial charge >= 0.3 is 0 Å². The van der Waals surface area contributed by atoms with Crippen LogP contribution in [0.15, 0.2) is 24.3 Å². The van der Waals surface area contributed by atoms with Crippen molar-refractivity contribution in [2.45, 2.75) is 31.7 Å². The van der Waals surface area contributed by atoms with Crippen molar-refractivity contribution in [2.75, 3.05) is 26.4 Å². The molecule has 0 unspecified atom stereocenters. The second-order valence-corrected chi connectivity index (χ2v) is 6.69. The molecule has 0 N–H and O–H groups in total. The summed E-state index contributed by atoms with van der Waals surface area (Å²) >= 11 is 0. The monoisotopic (exact) mass is 342 g/mol. The number of benzene rings is 1. The first-order valence-electron chi connectivity index (χ1n) is 8.87. The quantitative estimate of drug-likeness (QED) is 0.789. The average Bonchev–Trinajstić information content (AvgIpc) is 3.28. The van der Waals surface area contributed by atoms with Crippen molar-refractivity contribution in [2.24, 2.45) is 0 Å². The minimum absolute atomic E-state index is 0.0175. The summed E-state index contributed by atoms with van der Waals surface area (Å²) in [5.41, 5.74) is 0.912. The summed E-state index contributed by atoms with van der Waals surface area (Å²) in [4.78, 5) is 28.1. The predicted molar refractivity (Wildman–Crippen MR) is 92.1 cm³/mol. The van der Waals surface area contributed by atoms with Crippen LogP contribution in [0.4, 0.5) is 0 Å². The van der Waals surface area contributed by atoms with Crippen LogP contribution in [0.2, 0.25) is 0 Å².